The van der Waals surface area contributed by atoms with Gasteiger partial charge in [0, 0.05) is 21.5 Å². The van der Waals surface area contributed by atoms with Gasteiger partial charge in [0.25, 0.3) is 5.91 Å². The number of carbonyl (C=O) groups excluding carboxylic acids is 1. The van der Waals surface area contributed by atoms with Gasteiger partial charge in [0.1, 0.15) is 0 Å². The van der Waals surface area contributed by atoms with E-state index in [1.807, 2.05) is 0 Å². The van der Waals surface area contributed by atoms with Crippen LogP contribution in [-0.4, -0.2) is 23.1 Å². The minimum Gasteiger partial charge on any atom is -0.494 e. The molecule has 5 nitrogen and oxygen atoms in total. The second-order valence-electron chi connectivity index (χ2n) is 5.31. The molecule has 3 rings (SSSR count). The minimum absolute atomic E-state index is 0.0989. The average molecular weight is 422 g/mol. The summed E-state index contributed by atoms with van der Waals surface area (Å²) in [6, 6.07) is 11.1. The second kappa shape index (κ2) is 8.43. The normalized spacial score (nSPS) is 10.3. The molecule has 0 atom stereocenters. The third-order valence-electron chi connectivity index (χ3n) is 3.49. The van der Waals surface area contributed by atoms with Crippen molar-refractivity contribution >= 4 is 51.3 Å². The first-order chi connectivity index (χ1) is 13.0. The molecule has 0 aliphatic rings. The van der Waals surface area contributed by atoms with E-state index in [2.05, 4.69) is 15.6 Å². The SMILES string of the molecule is COc1ccc(-c2csc(NC(=S)NC(=O)c3cccc(Cl)c3)n2)cc1F. The maximum atomic E-state index is 13.8. The molecule has 0 aliphatic carbocycles. The number of hydrogen-bond acceptors (Lipinski definition) is 5. The first-order valence-electron chi connectivity index (χ1n) is 7.63. The Morgan fingerprint density at radius 3 is 2.81 bits per heavy atom. The zero-order chi connectivity index (χ0) is 19.4. The fourth-order valence-electron chi connectivity index (χ4n) is 2.22. The van der Waals surface area contributed by atoms with E-state index in [-0.39, 0.29) is 16.8 Å². The molecule has 0 saturated carbocycles. The lowest BCUT2D eigenvalue weighted by atomic mass is 10.1. The van der Waals surface area contributed by atoms with E-state index in [1.165, 1.54) is 30.6 Å². The first kappa shape index (κ1) is 19.2. The number of ether oxygens (including phenoxy) is 1. The van der Waals surface area contributed by atoms with Gasteiger partial charge in [0.2, 0.25) is 0 Å². The van der Waals surface area contributed by atoms with Crippen molar-refractivity contribution in [1.82, 2.24) is 10.3 Å². The molecule has 0 saturated heterocycles. The van der Waals surface area contributed by atoms with Gasteiger partial charge < -0.3 is 10.1 Å². The summed E-state index contributed by atoms with van der Waals surface area (Å²) in [6.07, 6.45) is 0. The Hall–Kier alpha value is -2.55. The third-order valence-corrected chi connectivity index (χ3v) is 4.68. The largest absolute Gasteiger partial charge is 0.494 e. The van der Waals surface area contributed by atoms with Crippen LogP contribution in [0, 0.1) is 5.82 Å². The number of aromatic nitrogens is 1. The van der Waals surface area contributed by atoms with Crippen LogP contribution in [0.5, 0.6) is 5.75 Å². The summed E-state index contributed by atoms with van der Waals surface area (Å²) in [4.78, 5) is 16.5. The number of rotatable bonds is 4. The molecule has 2 N–H and O–H groups in total. The fourth-order valence-corrected chi connectivity index (χ4v) is 3.39. The van der Waals surface area contributed by atoms with Gasteiger partial charge in [-0.1, -0.05) is 17.7 Å². The Morgan fingerprint density at radius 1 is 1.30 bits per heavy atom. The minimum atomic E-state index is -0.471. The van der Waals surface area contributed by atoms with E-state index < -0.39 is 5.82 Å². The van der Waals surface area contributed by atoms with Crippen LogP contribution in [0.4, 0.5) is 9.52 Å². The number of hydrogen-bond donors (Lipinski definition) is 2. The van der Waals surface area contributed by atoms with Crippen molar-refractivity contribution in [1.29, 1.82) is 0 Å². The molecular weight excluding hydrogens is 409 g/mol. The maximum absolute atomic E-state index is 13.8. The summed E-state index contributed by atoms with van der Waals surface area (Å²) in [5, 5.41) is 8.18. The van der Waals surface area contributed by atoms with Crippen molar-refractivity contribution in [3.05, 3.63) is 64.2 Å². The van der Waals surface area contributed by atoms with Gasteiger partial charge in [-0.2, -0.15) is 0 Å². The van der Waals surface area contributed by atoms with Crippen LogP contribution in [-0.2, 0) is 0 Å². The highest BCUT2D eigenvalue weighted by Gasteiger charge is 2.12. The van der Waals surface area contributed by atoms with Gasteiger partial charge in [-0.25, -0.2) is 9.37 Å². The fraction of sp³-hybridized carbons (Fsp3) is 0.0556. The molecule has 1 amide bonds. The molecule has 3 aromatic rings. The molecule has 1 heterocycles. The Labute approximate surface area is 169 Å². The molecule has 27 heavy (non-hydrogen) atoms. The molecule has 2 aromatic carbocycles. The number of nitrogens with one attached hydrogen (secondary N) is 2. The van der Waals surface area contributed by atoms with Crippen LogP contribution in [0.25, 0.3) is 11.3 Å². The summed E-state index contributed by atoms with van der Waals surface area (Å²) in [5.41, 5.74) is 1.57. The lowest BCUT2D eigenvalue weighted by Gasteiger charge is -2.07. The summed E-state index contributed by atoms with van der Waals surface area (Å²) in [6.45, 7) is 0. The Balaban J connectivity index is 1.66. The molecule has 0 aliphatic heterocycles. The van der Waals surface area contributed by atoms with E-state index in [9.17, 15) is 9.18 Å². The average Bonchev–Trinajstić information content (AvgIpc) is 3.09. The van der Waals surface area contributed by atoms with Crippen LogP contribution < -0.4 is 15.4 Å². The monoisotopic (exact) mass is 421 g/mol. The molecular formula is C18H13ClFN3O2S2. The van der Waals surface area contributed by atoms with Gasteiger partial charge in [0.05, 0.1) is 12.8 Å². The van der Waals surface area contributed by atoms with Crippen molar-refractivity contribution in [3.63, 3.8) is 0 Å². The second-order valence-corrected chi connectivity index (χ2v) is 7.01. The number of amides is 1. The predicted octanol–water partition coefficient (Wildman–Crippen LogP) is 4.74. The Bertz CT molecular complexity index is 1010. The van der Waals surface area contributed by atoms with E-state index in [1.54, 1.807) is 35.7 Å². The highest BCUT2D eigenvalue weighted by atomic mass is 35.5. The molecule has 0 radical (unpaired) electrons. The van der Waals surface area contributed by atoms with E-state index >= 15 is 0 Å². The summed E-state index contributed by atoms with van der Waals surface area (Å²) in [5.74, 6) is -0.692. The van der Waals surface area contributed by atoms with Crippen molar-refractivity contribution in [3.8, 4) is 17.0 Å². The third kappa shape index (κ3) is 4.79. The number of methoxy groups -OCH3 is 1. The van der Waals surface area contributed by atoms with Gasteiger partial charge in [-0.05, 0) is 48.6 Å². The zero-order valence-corrected chi connectivity index (χ0v) is 16.3. The molecule has 0 spiro atoms. The van der Waals surface area contributed by atoms with Crippen LogP contribution >= 0.6 is 35.2 Å². The number of benzene rings is 2. The maximum Gasteiger partial charge on any atom is 0.257 e. The number of thiazole rings is 1. The summed E-state index contributed by atoms with van der Waals surface area (Å²) < 4.78 is 18.7. The standard InChI is InChI=1S/C18H13ClFN3O2S2/c1-25-15-6-5-10(8-13(15)20)14-9-27-18(21-14)23-17(26)22-16(24)11-3-2-4-12(19)7-11/h2-9H,1H3,(H2,21,22,23,24,26). The molecule has 9 heteroatoms. The number of thiocarbonyl (C=S) groups is 1. The highest BCUT2D eigenvalue weighted by molar-refractivity contribution is 7.80. The van der Waals surface area contributed by atoms with Crippen molar-refractivity contribution < 1.29 is 13.9 Å². The summed E-state index contributed by atoms with van der Waals surface area (Å²) >= 11 is 12.3. The van der Waals surface area contributed by atoms with E-state index in [4.69, 9.17) is 28.6 Å². The number of nitrogens with zero attached hydrogens (tertiary/aromatic N) is 1. The van der Waals surface area contributed by atoms with Crippen LogP contribution in [0.3, 0.4) is 0 Å². The highest BCUT2D eigenvalue weighted by Crippen LogP contribution is 2.28. The molecule has 1 aromatic heterocycles. The van der Waals surface area contributed by atoms with E-state index in [0.29, 0.717) is 27.0 Å². The van der Waals surface area contributed by atoms with Crippen molar-refractivity contribution in [2.75, 3.05) is 12.4 Å². The topological polar surface area (TPSA) is 63.2 Å². The predicted molar refractivity (Wildman–Crippen MR) is 109 cm³/mol. The van der Waals surface area contributed by atoms with Gasteiger partial charge in [0.15, 0.2) is 21.8 Å². The zero-order valence-electron chi connectivity index (χ0n) is 14.0. The Morgan fingerprint density at radius 2 is 2.11 bits per heavy atom. The number of carbonyl (C=O) groups is 1. The number of anilines is 1. The smallest absolute Gasteiger partial charge is 0.257 e. The molecule has 0 bridgehead atoms. The molecule has 0 fully saturated rings. The van der Waals surface area contributed by atoms with Crippen LogP contribution in [0.2, 0.25) is 5.02 Å². The Kier molecular flexibility index (Phi) is 6.00. The lowest BCUT2D eigenvalue weighted by molar-refractivity contribution is 0.0977. The first-order valence-corrected chi connectivity index (χ1v) is 9.30. The summed E-state index contributed by atoms with van der Waals surface area (Å²) in [7, 11) is 1.40. The lowest BCUT2D eigenvalue weighted by Crippen LogP contribution is -2.34. The quantitative estimate of drug-likeness (QED) is 0.596. The van der Waals surface area contributed by atoms with Gasteiger partial charge in [-0.3, -0.25) is 10.1 Å². The van der Waals surface area contributed by atoms with Crippen molar-refractivity contribution in [2.45, 2.75) is 0 Å². The molecule has 138 valence electrons. The van der Waals surface area contributed by atoms with Crippen LogP contribution in [0.1, 0.15) is 10.4 Å². The van der Waals surface area contributed by atoms with E-state index in [0.717, 1.165) is 0 Å². The van der Waals surface area contributed by atoms with Gasteiger partial charge in [-0.15, -0.1) is 11.3 Å². The van der Waals surface area contributed by atoms with Crippen molar-refractivity contribution in [2.24, 2.45) is 0 Å². The van der Waals surface area contributed by atoms with Gasteiger partial charge >= 0.3 is 0 Å². The number of halogens is 2. The van der Waals surface area contributed by atoms with Crippen LogP contribution in [0.15, 0.2) is 47.8 Å². The molecule has 0 unspecified atom stereocenters.